The first-order chi connectivity index (χ1) is 6.55. The topological polar surface area (TPSA) is 30.5 Å². The molecule has 14 heavy (non-hydrogen) atoms. The maximum Gasteiger partial charge on any atom is 0.268 e. The third-order valence-electron chi connectivity index (χ3n) is 2.76. The molecule has 1 heterocycles. The van der Waals surface area contributed by atoms with E-state index in [4.69, 9.17) is 9.68 Å². The van der Waals surface area contributed by atoms with Crippen molar-refractivity contribution in [2.75, 3.05) is 21.3 Å². The van der Waals surface area contributed by atoms with Gasteiger partial charge >= 0.3 is 0 Å². The highest BCUT2D eigenvalue weighted by Crippen LogP contribution is 2.44. The number of quaternary nitrogens is 1. The van der Waals surface area contributed by atoms with Crippen LogP contribution >= 0.6 is 0 Å². The number of rotatable bonds is 5. The largest absolute Gasteiger partial charge is 0.268 e. The Balaban J connectivity index is 2.82. The molecule has 80 valence electrons. The van der Waals surface area contributed by atoms with Gasteiger partial charge in [-0.2, -0.15) is 9.68 Å². The number of hydrogen-bond donors (Lipinski definition) is 1. The summed E-state index contributed by atoms with van der Waals surface area (Å²) in [6.07, 6.45) is 0.106. The maximum absolute atomic E-state index is 5.34. The Labute approximate surface area is 85.3 Å². The number of nitrogens with zero attached hydrogens (tertiary/aromatic N) is 1. The van der Waals surface area contributed by atoms with Crippen LogP contribution in [0.2, 0.25) is 0 Å². The van der Waals surface area contributed by atoms with E-state index in [0.717, 1.165) is 11.1 Å². The zero-order valence-electron chi connectivity index (χ0n) is 9.33. The molecule has 0 bridgehead atoms. The number of hydrogen-bond acceptors (Lipinski definition) is 3. The Bertz CT molecular complexity index is 259. The minimum Gasteiger partial charge on any atom is -0.260 e. The highest BCUT2D eigenvalue weighted by Gasteiger charge is 2.73. The predicted molar refractivity (Wildman–Crippen MR) is 54.9 cm³/mol. The molecule has 0 radical (unpaired) electrons. The Hall–Kier alpha value is -0.680. The minimum atomic E-state index is 0.104. The van der Waals surface area contributed by atoms with Crippen molar-refractivity contribution in [1.29, 1.82) is 0 Å². The summed E-state index contributed by atoms with van der Waals surface area (Å²) in [5.41, 5.74) is 1.93. The van der Waals surface area contributed by atoms with E-state index in [9.17, 15) is 0 Å². The van der Waals surface area contributed by atoms with Gasteiger partial charge in [0.25, 0.3) is 12.2 Å². The second kappa shape index (κ2) is 3.82. The first-order valence-electron chi connectivity index (χ1n) is 4.57. The van der Waals surface area contributed by atoms with Crippen LogP contribution in [0.3, 0.4) is 0 Å². The lowest BCUT2D eigenvalue weighted by Gasteiger charge is -2.12. The van der Waals surface area contributed by atoms with E-state index >= 15 is 0 Å². The second-order valence-corrected chi connectivity index (χ2v) is 3.49. The van der Waals surface area contributed by atoms with E-state index in [-0.39, 0.29) is 17.0 Å². The molecule has 2 unspecified atom stereocenters. The van der Waals surface area contributed by atoms with Crippen LogP contribution in [0.25, 0.3) is 0 Å². The molecule has 0 aromatic carbocycles. The molecule has 0 aromatic rings. The molecule has 2 atom stereocenters. The molecule has 1 fully saturated rings. The van der Waals surface area contributed by atoms with Gasteiger partial charge in [-0.15, -0.1) is 0 Å². The van der Waals surface area contributed by atoms with E-state index in [1.165, 1.54) is 0 Å². The SMILES string of the molecule is C=C(C)C(=C)C1C(NC)[N+]1(OC)OC. The van der Waals surface area contributed by atoms with Crippen LogP contribution in [0.5, 0.6) is 0 Å². The smallest absolute Gasteiger partial charge is 0.260 e. The van der Waals surface area contributed by atoms with Crippen LogP contribution < -0.4 is 5.32 Å². The van der Waals surface area contributed by atoms with E-state index in [1.807, 2.05) is 14.0 Å². The fourth-order valence-corrected chi connectivity index (χ4v) is 1.83. The average Bonchev–Trinajstić information content (AvgIpc) is 2.84. The summed E-state index contributed by atoms with van der Waals surface area (Å²) < 4.78 is 0. The lowest BCUT2D eigenvalue weighted by Crippen LogP contribution is -2.32. The summed E-state index contributed by atoms with van der Waals surface area (Å²) in [6.45, 7) is 9.80. The highest BCUT2D eigenvalue weighted by atomic mass is 17.0. The van der Waals surface area contributed by atoms with Gasteiger partial charge in [0.1, 0.15) is 0 Å². The Morgan fingerprint density at radius 3 is 2.00 bits per heavy atom. The molecule has 0 saturated carbocycles. The van der Waals surface area contributed by atoms with Crippen LogP contribution in [-0.4, -0.2) is 38.3 Å². The van der Waals surface area contributed by atoms with Crippen molar-refractivity contribution in [3.63, 3.8) is 0 Å². The summed E-state index contributed by atoms with van der Waals surface area (Å²) in [5.74, 6) is 0. The van der Waals surface area contributed by atoms with Crippen molar-refractivity contribution < 1.29 is 14.5 Å². The van der Waals surface area contributed by atoms with Crippen LogP contribution in [-0.2, 0) is 9.68 Å². The van der Waals surface area contributed by atoms with Crippen molar-refractivity contribution in [2.45, 2.75) is 19.1 Å². The summed E-state index contributed by atoms with van der Waals surface area (Å²) in [4.78, 5) is 10.8. The molecule has 0 aliphatic carbocycles. The normalized spacial score (nSPS) is 28.6. The fourth-order valence-electron chi connectivity index (χ4n) is 1.83. The minimum absolute atomic E-state index is 0.104. The molecule has 1 aliphatic heterocycles. The molecule has 1 N–H and O–H groups in total. The van der Waals surface area contributed by atoms with Crippen LogP contribution in [0.1, 0.15) is 6.92 Å². The highest BCUT2D eigenvalue weighted by molar-refractivity contribution is 5.30. The summed E-state index contributed by atoms with van der Waals surface area (Å²) in [5, 5.41) is 3.14. The summed E-state index contributed by atoms with van der Waals surface area (Å²) in [6, 6.07) is 0.104. The van der Waals surface area contributed by atoms with Crippen LogP contribution in [0, 0.1) is 0 Å². The molecular formula is C10H19N2O2+. The standard InChI is InChI=1S/C10H19N2O2/c1-7(2)8(3)9-10(11-4)12(9,13-5)14-6/h9-11H,1,3H2,2,4-6H3/q+1. The lowest BCUT2D eigenvalue weighted by atomic mass is 10.1. The van der Waals surface area contributed by atoms with Crippen molar-refractivity contribution in [3.8, 4) is 0 Å². The predicted octanol–water partition coefficient (Wildman–Crippen LogP) is 0.986. The van der Waals surface area contributed by atoms with Gasteiger partial charge in [-0.1, -0.05) is 13.2 Å². The quantitative estimate of drug-likeness (QED) is 0.407. The van der Waals surface area contributed by atoms with Crippen molar-refractivity contribution in [3.05, 3.63) is 24.3 Å². The van der Waals surface area contributed by atoms with Crippen molar-refractivity contribution in [2.24, 2.45) is 0 Å². The first kappa shape index (κ1) is 11.4. The number of nitrogens with one attached hydrogen (secondary N) is 1. The first-order valence-corrected chi connectivity index (χ1v) is 4.57. The van der Waals surface area contributed by atoms with Gasteiger partial charge in [-0.05, 0) is 24.4 Å². The molecule has 1 saturated heterocycles. The van der Waals surface area contributed by atoms with Crippen molar-refractivity contribution in [1.82, 2.24) is 5.32 Å². The van der Waals surface area contributed by atoms with Gasteiger partial charge in [0.2, 0.25) is 0 Å². The monoisotopic (exact) mass is 199 g/mol. The van der Waals surface area contributed by atoms with Gasteiger partial charge in [-0.3, -0.25) is 5.32 Å². The average molecular weight is 199 g/mol. The van der Waals surface area contributed by atoms with E-state index < -0.39 is 0 Å². The third-order valence-corrected chi connectivity index (χ3v) is 2.76. The molecule has 0 amide bonds. The number of hydroxylamine groups is 4. The molecule has 0 spiro atoms. The van der Waals surface area contributed by atoms with Gasteiger partial charge in [-0.25, -0.2) is 0 Å². The zero-order chi connectivity index (χ0) is 10.9. The fraction of sp³-hybridized carbons (Fsp3) is 0.600. The Morgan fingerprint density at radius 2 is 1.79 bits per heavy atom. The van der Waals surface area contributed by atoms with Crippen LogP contribution in [0.15, 0.2) is 24.3 Å². The molecule has 1 rings (SSSR count). The molecule has 4 nitrogen and oxygen atoms in total. The van der Waals surface area contributed by atoms with Gasteiger partial charge in [0, 0.05) is 5.57 Å². The third kappa shape index (κ3) is 1.40. The van der Waals surface area contributed by atoms with Gasteiger partial charge in [0.05, 0.1) is 14.2 Å². The van der Waals surface area contributed by atoms with E-state index in [2.05, 4.69) is 18.5 Å². The summed E-state index contributed by atoms with van der Waals surface area (Å²) >= 11 is 0. The molecule has 4 heteroatoms. The zero-order valence-corrected chi connectivity index (χ0v) is 9.33. The Morgan fingerprint density at radius 1 is 1.29 bits per heavy atom. The maximum atomic E-state index is 5.34. The van der Waals surface area contributed by atoms with Gasteiger partial charge in [0.15, 0.2) is 0 Å². The molecule has 1 aliphatic rings. The van der Waals surface area contributed by atoms with E-state index in [0.29, 0.717) is 0 Å². The second-order valence-electron chi connectivity index (χ2n) is 3.49. The van der Waals surface area contributed by atoms with Crippen molar-refractivity contribution >= 4 is 0 Å². The molecular weight excluding hydrogens is 180 g/mol. The van der Waals surface area contributed by atoms with Crippen LogP contribution in [0.4, 0.5) is 0 Å². The Kier molecular flexibility index (Phi) is 3.11. The lowest BCUT2D eigenvalue weighted by molar-refractivity contribution is -1.17. The molecule has 0 aromatic heterocycles. The van der Waals surface area contributed by atoms with E-state index in [1.54, 1.807) is 14.2 Å². The van der Waals surface area contributed by atoms with Gasteiger partial charge < -0.3 is 0 Å². The summed E-state index contributed by atoms with van der Waals surface area (Å²) in [7, 11) is 5.13. The number of likely N-dealkylation sites (N-methyl/N-ethyl adjacent to an activating group) is 1.